The Kier molecular flexibility index (Phi) is 3.56. The summed E-state index contributed by atoms with van der Waals surface area (Å²) in [6, 6.07) is 0. The van der Waals surface area contributed by atoms with E-state index in [-0.39, 0.29) is 31.3 Å². The van der Waals surface area contributed by atoms with Crippen molar-refractivity contribution >= 4 is 10.0 Å². The monoisotopic (exact) mass is 320 g/mol. The average Bonchev–Trinajstić information content (AvgIpc) is 2.96. The van der Waals surface area contributed by atoms with Crippen molar-refractivity contribution in [2.75, 3.05) is 18.8 Å². The van der Waals surface area contributed by atoms with Crippen LogP contribution in [0.15, 0.2) is 10.8 Å². The molecule has 0 bridgehead atoms. The van der Waals surface area contributed by atoms with Gasteiger partial charge in [-0.2, -0.15) is 0 Å². The number of aromatic nitrogens is 1. The first-order valence-electron chi connectivity index (χ1n) is 7.03. The van der Waals surface area contributed by atoms with Crippen molar-refractivity contribution in [3.8, 4) is 0 Å². The lowest BCUT2D eigenvalue weighted by molar-refractivity contribution is 0.00933. The first-order valence-corrected chi connectivity index (χ1v) is 8.64. The van der Waals surface area contributed by atoms with Gasteiger partial charge in [-0.15, -0.1) is 0 Å². The Morgan fingerprint density at radius 1 is 1.43 bits per heavy atom. The summed E-state index contributed by atoms with van der Waals surface area (Å²) >= 11 is 0. The Bertz CT molecular complexity index is 619. The van der Waals surface area contributed by atoms with E-state index >= 15 is 0 Å². The number of rotatable bonds is 6. The van der Waals surface area contributed by atoms with Gasteiger partial charge in [-0.25, -0.2) is 21.5 Å². The molecule has 118 valence electrons. The Morgan fingerprint density at radius 3 is 2.62 bits per heavy atom. The minimum absolute atomic E-state index is 0.00267. The van der Waals surface area contributed by atoms with Gasteiger partial charge in [-0.1, -0.05) is 5.16 Å². The molecule has 2 fully saturated rings. The van der Waals surface area contributed by atoms with Crippen LogP contribution in [-0.4, -0.2) is 42.6 Å². The van der Waals surface area contributed by atoms with Gasteiger partial charge in [-0.3, -0.25) is 0 Å². The second-order valence-electron chi connectivity index (χ2n) is 6.16. The van der Waals surface area contributed by atoms with E-state index in [1.807, 2.05) is 6.92 Å². The topological polar surface area (TPSA) is 63.4 Å². The molecule has 0 N–H and O–H groups in total. The van der Waals surface area contributed by atoms with Gasteiger partial charge < -0.3 is 4.52 Å². The molecule has 3 rings (SSSR count). The van der Waals surface area contributed by atoms with Crippen LogP contribution in [0.4, 0.5) is 8.78 Å². The van der Waals surface area contributed by atoms with Gasteiger partial charge in [0.1, 0.15) is 12.0 Å². The zero-order valence-corrected chi connectivity index (χ0v) is 12.6. The molecule has 8 heteroatoms. The predicted molar refractivity (Wildman–Crippen MR) is 71.6 cm³/mol. The number of aryl methyl sites for hydroxylation is 1. The molecule has 21 heavy (non-hydrogen) atoms. The van der Waals surface area contributed by atoms with E-state index < -0.39 is 21.7 Å². The maximum absolute atomic E-state index is 13.7. The standard InChI is InChI=1S/C13H18F2N2O3S/c1-9-7-20-16-12(9)11-5-17(6-11)21(18,19)8-13(14,15)4-10-2-3-10/h7,10-11H,2-6,8H2,1H3. The summed E-state index contributed by atoms with van der Waals surface area (Å²) in [5, 5.41) is 3.83. The zero-order chi connectivity index (χ0) is 15.3. The van der Waals surface area contributed by atoms with E-state index in [4.69, 9.17) is 4.52 Å². The lowest BCUT2D eigenvalue weighted by Gasteiger charge is -2.38. The molecule has 0 atom stereocenters. The molecule has 2 heterocycles. The molecule has 0 spiro atoms. The van der Waals surface area contributed by atoms with Crippen molar-refractivity contribution in [1.82, 2.24) is 9.46 Å². The molecular formula is C13H18F2N2O3S. The molecule has 1 saturated heterocycles. The SMILES string of the molecule is Cc1conc1C1CN(S(=O)(=O)CC(F)(F)CC2CC2)C1. The first-order chi connectivity index (χ1) is 9.77. The Balaban J connectivity index is 1.58. The van der Waals surface area contributed by atoms with Crippen molar-refractivity contribution in [3.63, 3.8) is 0 Å². The number of alkyl halides is 2. The molecule has 0 amide bonds. The van der Waals surface area contributed by atoms with Crippen LogP contribution in [-0.2, 0) is 10.0 Å². The maximum atomic E-state index is 13.7. The summed E-state index contributed by atoms with van der Waals surface area (Å²) in [6.07, 6.45) is 2.75. The fourth-order valence-corrected chi connectivity index (χ4v) is 4.34. The molecule has 1 aliphatic heterocycles. The summed E-state index contributed by atoms with van der Waals surface area (Å²) in [5.41, 5.74) is 1.57. The van der Waals surface area contributed by atoms with Gasteiger partial charge in [-0.05, 0) is 25.7 Å². The summed E-state index contributed by atoms with van der Waals surface area (Å²) in [6.45, 7) is 2.23. The highest BCUT2D eigenvalue weighted by Crippen LogP contribution is 2.40. The third-order valence-corrected chi connectivity index (χ3v) is 5.96. The minimum Gasteiger partial charge on any atom is -0.364 e. The fourth-order valence-electron chi connectivity index (χ4n) is 2.69. The molecule has 1 saturated carbocycles. The molecule has 0 aromatic carbocycles. The highest BCUT2D eigenvalue weighted by atomic mass is 32.2. The molecule has 2 aliphatic rings. The van der Waals surface area contributed by atoms with Crippen LogP contribution in [0.2, 0.25) is 0 Å². The molecule has 1 aromatic heterocycles. The molecule has 0 unspecified atom stereocenters. The molecule has 1 aromatic rings. The zero-order valence-electron chi connectivity index (χ0n) is 11.8. The van der Waals surface area contributed by atoms with Crippen LogP contribution in [0.3, 0.4) is 0 Å². The molecule has 1 aliphatic carbocycles. The third-order valence-electron chi connectivity index (χ3n) is 4.09. The van der Waals surface area contributed by atoms with Gasteiger partial charge in [0, 0.05) is 31.0 Å². The quantitative estimate of drug-likeness (QED) is 0.805. The Morgan fingerprint density at radius 2 is 2.10 bits per heavy atom. The lowest BCUT2D eigenvalue weighted by atomic mass is 9.97. The number of sulfonamides is 1. The summed E-state index contributed by atoms with van der Waals surface area (Å²) < 4.78 is 57.5. The van der Waals surface area contributed by atoms with Crippen molar-refractivity contribution in [2.45, 2.75) is 38.0 Å². The van der Waals surface area contributed by atoms with E-state index in [1.54, 1.807) is 0 Å². The van der Waals surface area contributed by atoms with Crippen LogP contribution >= 0.6 is 0 Å². The molecular weight excluding hydrogens is 302 g/mol. The minimum atomic E-state index is -3.91. The van der Waals surface area contributed by atoms with E-state index in [2.05, 4.69) is 5.16 Å². The second-order valence-corrected chi connectivity index (χ2v) is 8.13. The van der Waals surface area contributed by atoms with Crippen molar-refractivity contribution in [2.24, 2.45) is 5.92 Å². The smallest absolute Gasteiger partial charge is 0.263 e. The molecule has 5 nitrogen and oxygen atoms in total. The summed E-state index contributed by atoms with van der Waals surface area (Å²) in [7, 11) is -3.91. The Labute approximate surface area is 122 Å². The van der Waals surface area contributed by atoms with E-state index in [0.717, 1.165) is 22.7 Å². The maximum Gasteiger partial charge on any atom is 0.263 e. The van der Waals surface area contributed by atoms with E-state index in [0.29, 0.717) is 5.69 Å². The largest absolute Gasteiger partial charge is 0.364 e. The third kappa shape index (κ3) is 3.26. The Hall–Kier alpha value is -1.02. The van der Waals surface area contributed by atoms with Crippen molar-refractivity contribution in [3.05, 3.63) is 17.5 Å². The first kappa shape index (κ1) is 14.9. The van der Waals surface area contributed by atoms with Crippen LogP contribution < -0.4 is 0 Å². The summed E-state index contributed by atoms with van der Waals surface area (Å²) in [5.74, 6) is -4.27. The summed E-state index contributed by atoms with van der Waals surface area (Å²) in [4.78, 5) is 0. The fraction of sp³-hybridized carbons (Fsp3) is 0.769. The van der Waals surface area contributed by atoms with Gasteiger partial charge in [0.2, 0.25) is 10.0 Å². The van der Waals surface area contributed by atoms with Crippen molar-refractivity contribution < 1.29 is 21.7 Å². The number of nitrogens with zero attached hydrogens (tertiary/aromatic N) is 2. The van der Waals surface area contributed by atoms with Crippen LogP contribution in [0.25, 0.3) is 0 Å². The van der Waals surface area contributed by atoms with Gasteiger partial charge in [0.05, 0.1) is 5.69 Å². The van der Waals surface area contributed by atoms with Gasteiger partial charge in [0.25, 0.3) is 5.92 Å². The average molecular weight is 320 g/mol. The molecule has 0 radical (unpaired) electrons. The van der Waals surface area contributed by atoms with E-state index in [1.165, 1.54) is 6.26 Å². The highest BCUT2D eigenvalue weighted by molar-refractivity contribution is 7.89. The predicted octanol–water partition coefficient (Wildman–Crippen LogP) is 2.15. The van der Waals surface area contributed by atoms with Crippen LogP contribution in [0.1, 0.15) is 36.4 Å². The van der Waals surface area contributed by atoms with Crippen LogP contribution in [0, 0.1) is 12.8 Å². The van der Waals surface area contributed by atoms with Gasteiger partial charge in [0.15, 0.2) is 0 Å². The van der Waals surface area contributed by atoms with Crippen LogP contribution in [0.5, 0.6) is 0 Å². The van der Waals surface area contributed by atoms with Crippen molar-refractivity contribution in [1.29, 1.82) is 0 Å². The lowest BCUT2D eigenvalue weighted by Crippen LogP contribution is -2.51. The number of hydrogen-bond donors (Lipinski definition) is 0. The van der Waals surface area contributed by atoms with Gasteiger partial charge >= 0.3 is 0 Å². The number of halogens is 2. The normalized spacial score (nSPS) is 21.5. The number of hydrogen-bond acceptors (Lipinski definition) is 4. The highest BCUT2D eigenvalue weighted by Gasteiger charge is 2.46. The second kappa shape index (κ2) is 5.01. The van der Waals surface area contributed by atoms with E-state index in [9.17, 15) is 17.2 Å².